The highest BCUT2D eigenvalue weighted by Gasteiger charge is 2.07. The van der Waals surface area contributed by atoms with Crippen LogP contribution in [0.5, 0.6) is 0 Å². The molecule has 94 valence electrons. The predicted molar refractivity (Wildman–Crippen MR) is 67.3 cm³/mol. The summed E-state index contributed by atoms with van der Waals surface area (Å²) in [5.41, 5.74) is 3.36. The van der Waals surface area contributed by atoms with Crippen molar-refractivity contribution in [1.82, 2.24) is 10.5 Å². The van der Waals surface area contributed by atoms with Gasteiger partial charge in [0.1, 0.15) is 5.76 Å². The molecule has 0 aliphatic carbocycles. The Bertz CT molecular complexity index is 418. The average Bonchev–Trinajstić information content (AvgIpc) is 2.87. The first-order valence-electron chi connectivity index (χ1n) is 5.41. The third kappa shape index (κ3) is 3.61. The Kier molecular flexibility index (Phi) is 5.25. The maximum atomic E-state index is 5.11. The van der Waals surface area contributed by atoms with E-state index in [2.05, 4.69) is 10.5 Å². The number of aromatic nitrogens is 1. The van der Waals surface area contributed by atoms with E-state index < -0.39 is 0 Å². The maximum Gasteiger partial charge on any atom is 0.137 e. The highest BCUT2D eigenvalue weighted by Crippen LogP contribution is 2.12. The van der Waals surface area contributed by atoms with Crippen LogP contribution in [0.4, 0.5) is 0 Å². The van der Waals surface area contributed by atoms with Gasteiger partial charge in [0.25, 0.3) is 0 Å². The van der Waals surface area contributed by atoms with E-state index in [9.17, 15) is 0 Å². The van der Waals surface area contributed by atoms with Gasteiger partial charge in [0.15, 0.2) is 0 Å². The van der Waals surface area contributed by atoms with Gasteiger partial charge in [0.05, 0.1) is 18.2 Å². The van der Waals surface area contributed by atoms with E-state index in [0.717, 1.165) is 31.0 Å². The van der Waals surface area contributed by atoms with Crippen LogP contribution in [0.3, 0.4) is 0 Å². The zero-order valence-electron chi connectivity index (χ0n) is 10.0. The molecule has 1 N–H and O–H groups in total. The quantitative estimate of drug-likeness (QED) is 0.836. The Morgan fingerprint density at radius 1 is 1.35 bits per heavy atom. The van der Waals surface area contributed by atoms with Gasteiger partial charge in [0.2, 0.25) is 0 Å². The average molecular weight is 257 g/mol. The number of halogens is 1. The van der Waals surface area contributed by atoms with Crippen LogP contribution in [0.15, 0.2) is 27.5 Å². The summed E-state index contributed by atoms with van der Waals surface area (Å²) in [4.78, 5) is 0. The first-order chi connectivity index (χ1) is 7.77. The summed E-state index contributed by atoms with van der Waals surface area (Å²) in [5, 5.41) is 7.28. The number of hydrogen-bond acceptors (Lipinski definition) is 4. The molecular weight excluding hydrogens is 240 g/mol. The van der Waals surface area contributed by atoms with Crippen LogP contribution in [-0.2, 0) is 13.0 Å². The summed E-state index contributed by atoms with van der Waals surface area (Å²) in [6.07, 6.45) is 4.38. The van der Waals surface area contributed by atoms with Crippen molar-refractivity contribution >= 4 is 12.4 Å². The summed E-state index contributed by atoms with van der Waals surface area (Å²) in [6.45, 7) is 5.67. The second-order valence-electron chi connectivity index (χ2n) is 3.86. The fourth-order valence-electron chi connectivity index (χ4n) is 1.70. The number of furan rings is 1. The Balaban J connectivity index is 0.00000144. The van der Waals surface area contributed by atoms with Crippen LogP contribution in [-0.4, -0.2) is 11.7 Å². The summed E-state index contributed by atoms with van der Waals surface area (Å²) >= 11 is 0. The van der Waals surface area contributed by atoms with Gasteiger partial charge in [-0.2, -0.15) is 0 Å². The zero-order chi connectivity index (χ0) is 11.4. The highest BCUT2D eigenvalue weighted by molar-refractivity contribution is 5.85. The normalized spacial score (nSPS) is 10.2. The molecular formula is C12H17ClN2O2. The van der Waals surface area contributed by atoms with E-state index in [1.54, 1.807) is 12.5 Å². The minimum absolute atomic E-state index is 0. The van der Waals surface area contributed by atoms with Crippen LogP contribution in [0.1, 0.15) is 22.6 Å². The van der Waals surface area contributed by atoms with E-state index in [4.69, 9.17) is 8.94 Å². The van der Waals surface area contributed by atoms with Crippen LogP contribution < -0.4 is 5.32 Å². The fraction of sp³-hybridized carbons (Fsp3) is 0.417. The first-order valence-corrected chi connectivity index (χ1v) is 5.41. The van der Waals surface area contributed by atoms with Crippen molar-refractivity contribution in [2.45, 2.75) is 26.8 Å². The lowest BCUT2D eigenvalue weighted by Crippen LogP contribution is -2.16. The van der Waals surface area contributed by atoms with Gasteiger partial charge < -0.3 is 14.3 Å². The lowest BCUT2D eigenvalue weighted by Gasteiger charge is -2.02. The Morgan fingerprint density at radius 2 is 2.18 bits per heavy atom. The van der Waals surface area contributed by atoms with Gasteiger partial charge in [-0.15, -0.1) is 12.4 Å². The Hall–Kier alpha value is -1.26. The summed E-state index contributed by atoms with van der Waals surface area (Å²) in [7, 11) is 0. The van der Waals surface area contributed by atoms with Crippen molar-refractivity contribution in [1.29, 1.82) is 0 Å². The topological polar surface area (TPSA) is 51.2 Å². The molecule has 2 aromatic rings. The molecule has 0 bridgehead atoms. The SMILES string of the molecule is Cc1noc(C)c1CCNCc1ccoc1.Cl. The molecule has 0 saturated carbocycles. The predicted octanol–water partition coefficient (Wildman–Crippen LogP) is 2.64. The van der Waals surface area contributed by atoms with Crippen molar-refractivity contribution in [2.75, 3.05) is 6.54 Å². The van der Waals surface area contributed by atoms with Crippen LogP contribution in [0.2, 0.25) is 0 Å². The van der Waals surface area contributed by atoms with E-state index in [1.807, 2.05) is 19.9 Å². The molecule has 2 aromatic heterocycles. The van der Waals surface area contributed by atoms with Crippen molar-refractivity contribution in [3.8, 4) is 0 Å². The van der Waals surface area contributed by atoms with E-state index in [1.165, 1.54) is 11.1 Å². The number of hydrogen-bond donors (Lipinski definition) is 1. The minimum Gasteiger partial charge on any atom is -0.472 e. The summed E-state index contributed by atoms with van der Waals surface area (Å²) < 4.78 is 10.1. The molecule has 0 spiro atoms. The molecule has 0 aliphatic rings. The standard InChI is InChI=1S/C12H16N2O2.ClH/c1-9-12(10(2)16-14-9)3-5-13-7-11-4-6-15-8-11;/h4,6,8,13H,3,5,7H2,1-2H3;1H. The lowest BCUT2D eigenvalue weighted by atomic mass is 10.1. The molecule has 0 fully saturated rings. The fourth-order valence-corrected chi connectivity index (χ4v) is 1.70. The molecule has 17 heavy (non-hydrogen) atoms. The second-order valence-corrected chi connectivity index (χ2v) is 3.86. The summed E-state index contributed by atoms with van der Waals surface area (Å²) in [5.74, 6) is 0.919. The molecule has 2 heterocycles. The number of nitrogens with one attached hydrogen (secondary N) is 1. The van der Waals surface area contributed by atoms with Gasteiger partial charge in [0, 0.05) is 17.7 Å². The molecule has 0 saturated heterocycles. The molecule has 0 aliphatic heterocycles. The van der Waals surface area contributed by atoms with Gasteiger partial charge in [-0.3, -0.25) is 0 Å². The first kappa shape index (κ1) is 13.8. The molecule has 0 amide bonds. The molecule has 5 heteroatoms. The largest absolute Gasteiger partial charge is 0.472 e. The van der Waals surface area contributed by atoms with Crippen molar-refractivity contribution in [2.24, 2.45) is 0 Å². The minimum atomic E-state index is 0. The molecule has 0 aromatic carbocycles. The van der Waals surface area contributed by atoms with Crippen molar-refractivity contribution in [3.63, 3.8) is 0 Å². The second kappa shape index (κ2) is 6.47. The monoisotopic (exact) mass is 256 g/mol. The molecule has 0 unspecified atom stereocenters. The van der Waals surface area contributed by atoms with Crippen LogP contribution in [0.25, 0.3) is 0 Å². The van der Waals surface area contributed by atoms with Gasteiger partial charge in [-0.05, 0) is 32.9 Å². The van der Waals surface area contributed by atoms with Crippen molar-refractivity contribution < 1.29 is 8.94 Å². The highest BCUT2D eigenvalue weighted by atomic mass is 35.5. The molecule has 4 nitrogen and oxygen atoms in total. The molecule has 0 radical (unpaired) electrons. The van der Waals surface area contributed by atoms with Gasteiger partial charge in [-0.25, -0.2) is 0 Å². The van der Waals surface area contributed by atoms with E-state index in [0.29, 0.717) is 0 Å². The lowest BCUT2D eigenvalue weighted by molar-refractivity contribution is 0.392. The maximum absolute atomic E-state index is 5.11. The van der Waals surface area contributed by atoms with Gasteiger partial charge >= 0.3 is 0 Å². The summed E-state index contributed by atoms with van der Waals surface area (Å²) in [6, 6.07) is 1.96. The number of aryl methyl sites for hydroxylation is 2. The van der Waals surface area contributed by atoms with Gasteiger partial charge in [-0.1, -0.05) is 5.16 Å². The van der Waals surface area contributed by atoms with E-state index in [-0.39, 0.29) is 12.4 Å². The Morgan fingerprint density at radius 3 is 2.76 bits per heavy atom. The van der Waals surface area contributed by atoms with Crippen LogP contribution >= 0.6 is 12.4 Å². The van der Waals surface area contributed by atoms with Crippen LogP contribution in [0, 0.1) is 13.8 Å². The van der Waals surface area contributed by atoms with E-state index >= 15 is 0 Å². The number of rotatable bonds is 5. The Labute approximate surface area is 107 Å². The third-order valence-electron chi connectivity index (χ3n) is 2.64. The smallest absolute Gasteiger partial charge is 0.137 e. The third-order valence-corrected chi connectivity index (χ3v) is 2.64. The molecule has 2 rings (SSSR count). The van der Waals surface area contributed by atoms with Crippen molar-refractivity contribution in [3.05, 3.63) is 41.2 Å². The zero-order valence-corrected chi connectivity index (χ0v) is 10.8. The number of nitrogens with zero attached hydrogens (tertiary/aromatic N) is 1. The molecule has 0 atom stereocenters.